The van der Waals surface area contributed by atoms with E-state index >= 15 is 0 Å². The molecule has 1 fully saturated rings. The van der Waals surface area contributed by atoms with E-state index < -0.39 is 5.41 Å². The summed E-state index contributed by atoms with van der Waals surface area (Å²) in [6.45, 7) is 9.71. The number of ether oxygens (including phenoxy) is 1. The van der Waals surface area contributed by atoms with Gasteiger partial charge in [-0.2, -0.15) is 0 Å². The summed E-state index contributed by atoms with van der Waals surface area (Å²) >= 11 is 0. The molecule has 1 saturated heterocycles. The zero-order valence-electron chi connectivity index (χ0n) is 16.4. The highest BCUT2D eigenvalue weighted by Gasteiger charge is 2.24. The fourth-order valence-corrected chi connectivity index (χ4v) is 2.90. The van der Waals surface area contributed by atoms with Gasteiger partial charge in [0.15, 0.2) is 0 Å². The lowest BCUT2D eigenvalue weighted by molar-refractivity contribution is -0.135. The smallest absolute Gasteiger partial charge is 0.242 e. The molecule has 144 valence electrons. The Morgan fingerprint density at radius 3 is 2.38 bits per heavy atom. The van der Waals surface area contributed by atoms with Crippen molar-refractivity contribution in [2.75, 3.05) is 39.8 Å². The number of rotatable bonds is 5. The molecule has 6 heteroatoms. The summed E-state index contributed by atoms with van der Waals surface area (Å²) < 4.78 is 5.19. The fraction of sp³-hybridized carbons (Fsp3) is 0.600. The number of nitrogens with one attached hydrogen (secondary N) is 1. The van der Waals surface area contributed by atoms with Crippen LogP contribution >= 0.6 is 0 Å². The third-order valence-electron chi connectivity index (χ3n) is 4.59. The molecule has 1 aromatic carbocycles. The average molecular weight is 361 g/mol. The van der Waals surface area contributed by atoms with Crippen LogP contribution in [0.15, 0.2) is 24.3 Å². The summed E-state index contributed by atoms with van der Waals surface area (Å²) in [5, 5.41) is 2.75. The average Bonchev–Trinajstić information content (AvgIpc) is 2.85. The van der Waals surface area contributed by atoms with Crippen molar-refractivity contribution in [2.45, 2.75) is 33.7 Å². The Hall–Kier alpha value is -2.08. The quantitative estimate of drug-likeness (QED) is 0.870. The van der Waals surface area contributed by atoms with Gasteiger partial charge >= 0.3 is 0 Å². The number of hydrogen-bond acceptors (Lipinski definition) is 4. The standard InChI is InChI=1S/C20H31N3O3/c1-20(2,3)19(25)21-14-18(24)23-11-5-10-22(12-13-23)15-16-6-8-17(26-4)9-7-16/h6-9H,5,10-15H2,1-4H3,(H,21,25). The van der Waals surface area contributed by atoms with E-state index in [9.17, 15) is 9.59 Å². The number of benzene rings is 1. The summed E-state index contributed by atoms with van der Waals surface area (Å²) in [5.74, 6) is 0.759. The topological polar surface area (TPSA) is 61.9 Å². The Balaban J connectivity index is 1.81. The van der Waals surface area contributed by atoms with Crippen molar-refractivity contribution in [1.29, 1.82) is 0 Å². The second-order valence-electron chi connectivity index (χ2n) is 7.79. The van der Waals surface area contributed by atoms with Crippen LogP contribution in [0.1, 0.15) is 32.8 Å². The highest BCUT2D eigenvalue weighted by atomic mass is 16.5. The van der Waals surface area contributed by atoms with E-state index in [1.807, 2.05) is 37.8 Å². The lowest BCUT2D eigenvalue weighted by atomic mass is 9.96. The third kappa shape index (κ3) is 6.02. The maximum Gasteiger partial charge on any atom is 0.242 e. The minimum absolute atomic E-state index is 0.00565. The first-order valence-corrected chi connectivity index (χ1v) is 9.21. The second-order valence-corrected chi connectivity index (χ2v) is 7.79. The summed E-state index contributed by atoms with van der Waals surface area (Å²) in [6, 6.07) is 8.10. The van der Waals surface area contributed by atoms with Crippen molar-refractivity contribution in [3.63, 3.8) is 0 Å². The molecular formula is C20H31N3O3. The Kier molecular flexibility index (Phi) is 7.03. The molecule has 0 unspecified atom stereocenters. The molecule has 1 heterocycles. The fourth-order valence-electron chi connectivity index (χ4n) is 2.90. The molecule has 2 rings (SSSR count). The minimum atomic E-state index is -0.478. The third-order valence-corrected chi connectivity index (χ3v) is 4.59. The van der Waals surface area contributed by atoms with Crippen LogP contribution in [-0.2, 0) is 16.1 Å². The lowest BCUT2D eigenvalue weighted by Crippen LogP contribution is -2.44. The Bertz CT molecular complexity index is 608. The maximum absolute atomic E-state index is 12.4. The lowest BCUT2D eigenvalue weighted by Gasteiger charge is -2.23. The highest BCUT2D eigenvalue weighted by molar-refractivity contribution is 5.87. The Labute approximate surface area is 156 Å². The predicted molar refractivity (Wildman–Crippen MR) is 102 cm³/mol. The van der Waals surface area contributed by atoms with Gasteiger partial charge in [-0.15, -0.1) is 0 Å². The first-order chi connectivity index (χ1) is 12.3. The van der Waals surface area contributed by atoms with E-state index in [0.717, 1.165) is 38.3 Å². The molecular weight excluding hydrogens is 330 g/mol. The second kappa shape index (κ2) is 9.03. The molecule has 0 spiro atoms. The molecule has 0 bridgehead atoms. The van der Waals surface area contributed by atoms with Gasteiger partial charge in [-0.3, -0.25) is 14.5 Å². The highest BCUT2D eigenvalue weighted by Crippen LogP contribution is 2.15. The number of hydrogen-bond donors (Lipinski definition) is 1. The van der Waals surface area contributed by atoms with Crippen molar-refractivity contribution in [3.8, 4) is 5.75 Å². The van der Waals surface area contributed by atoms with Crippen LogP contribution in [0.3, 0.4) is 0 Å². The van der Waals surface area contributed by atoms with Gasteiger partial charge in [-0.25, -0.2) is 0 Å². The van der Waals surface area contributed by atoms with E-state index in [0.29, 0.717) is 6.54 Å². The molecule has 0 atom stereocenters. The molecule has 1 aliphatic heterocycles. The molecule has 0 radical (unpaired) electrons. The first kappa shape index (κ1) is 20.2. The van der Waals surface area contributed by atoms with Crippen molar-refractivity contribution in [2.24, 2.45) is 5.41 Å². The van der Waals surface area contributed by atoms with Crippen LogP contribution in [0.5, 0.6) is 5.75 Å². The van der Waals surface area contributed by atoms with Gasteiger partial charge in [0.1, 0.15) is 5.75 Å². The van der Waals surface area contributed by atoms with Gasteiger partial charge < -0.3 is 15.0 Å². The van der Waals surface area contributed by atoms with Gasteiger partial charge in [0.2, 0.25) is 11.8 Å². The maximum atomic E-state index is 12.4. The van der Waals surface area contributed by atoms with Crippen LogP contribution in [0.25, 0.3) is 0 Å². The summed E-state index contributed by atoms with van der Waals surface area (Å²) in [7, 11) is 1.67. The molecule has 6 nitrogen and oxygen atoms in total. The van der Waals surface area contributed by atoms with Gasteiger partial charge in [-0.1, -0.05) is 32.9 Å². The summed E-state index contributed by atoms with van der Waals surface area (Å²) in [5.41, 5.74) is 0.761. The predicted octanol–water partition coefficient (Wildman–Crippen LogP) is 1.89. The Morgan fingerprint density at radius 1 is 1.08 bits per heavy atom. The van der Waals surface area contributed by atoms with Crippen LogP contribution in [0.2, 0.25) is 0 Å². The molecule has 0 aliphatic carbocycles. The van der Waals surface area contributed by atoms with Crippen LogP contribution in [0.4, 0.5) is 0 Å². The van der Waals surface area contributed by atoms with Gasteiger partial charge in [0.05, 0.1) is 13.7 Å². The van der Waals surface area contributed by atoms with Crippen LogP contribution in [-0.4, -0.2) is 61.4 Å². The first-order valence-electron chi connectivity index (χ1n) is 9.21. The SMILES string of the molecule is COc1ccc(CN2CCCN(C(=O)CNC(=O)C(C)(C)C)CC2)cc1. The summed E-state index contributed by atoms with van der Waals surface area (Å²) in [6.07, 6.45) is 0.940. The van der Waals surface area contributed by atoms with Gasteiger partial charge in [0.25, 0.3) is 0 Å². The van der Waals surface area contributed by atoms with Gasteiger partial charge in [-0.05, 0) is 24.1 Å². The summed E-state index contributed by atoms with van der Waals surface area (Å²) in [4.78, 5) is 28.5. The molecule has 26 heavy (non-hydrogen) atoms. The van der Waals surface area contributed by atoms with Crippen LogP contribution < -0.4 is 10.1 Å². The van der Waals surface area contributed by atoms with Gasteiger partial charge in [0, 0.05) is 38.1 Å². The van der Waals surface area contributed by atoms with Crippen molar-refractivity contribution >= 4 is 11.8 Å². The number of carbonyl (C=O) groups is 2. The zero-order chi connectivity index (χ0) is 19.2. The van der Waals surface area contributed by atoms with Crippen molar-refractivity contribution in [3.05, 3.63) is 29.8 Å². The molecule has 1 N–H and O–H groups in total. The molecule has 1 aromatic rings. The molecule has 2 amide bonds. The number of amides is 2. The largest absolute Gasteiger partial charge is 0.497 e. The Morgan fingerprint density at radius 2 is 1.77 bits per heavy atom. The number of carbonyl (C=O) groups excluding carboxylic acids is 2. The normalized spacial score (nSPS) is 16.1. The molecule has 1 aliphatic rings. The van der Waals surface area contributed by atoms with E-state index in [4.69, 9.17) is 4.74 Å². The number of nitrogens with zero attached hydrogens (tertiary/aromatic N) is 2. The van der Waals surface area contributed by atoms with Crippen LogP contribution in [0, 0.1) is 5.41 Å². The monoisotopic (exact) mass is 361 g/mol. The van der Waals surface area contributed by atoms with E-state index in [1.165, 1.54) is 5.56 Å². The van der Waals surface area contributed by atoms with Crippen molar-refractivity contribution < 1.29 is 14.3 Å². The molecule has 0 saturated carbocycles. The van der Waals surface area contributed by atoms with E-state index in [2.05, 4.69) is 22.3 Å². The van der Waals surface area contributed by atoms with Crippen molar-refractivity contribution in [1.82, 2.24) is 15.1 Å². The molecule has 0 aromatic heterocycles. The van der Waals surface area contributed by atoms with E-state index in [1.54, 1.807) is 7.11 Å². The van der Waals surface area contributed by atoms with E-state index in [-0.39, 0.29) is 18.4 Å². The minimum Gasteiger partial charge on any atom is -0.497 e. The zero-order valence-corrected chi connectivity index (χ0v) is 16.4. The number of methoxy groups -OCH3 is 1.